The lowest BCUT2D eigenvalue weighted by molar-refractivity contribution is -0.108. The Morgan fingerprint density at radius 2 is 2.33 bits per heavy atom. The van der Waals surface area contributed by atoms with Crippen molar-refractivity contribution in [2.24, 2.45) is 5.73 Å². The molecule has 6 heteroatoms. The van der Waals surface area contributed by atoms with Crippen molar-refractivity contribution in [1.29, 1.82) is 0 Å². The fraction of sp³-hybridized carbons (Fsp3) is 0.333. The number of H-pyrrole nitrogens is 1. The van der Waals surface area contributed by atoms with Crippen LogP contribution in [0, 0.1) is 0 Å². The molecular weight excluding hydrogens is 201 g/mol. The Hall–Kier alpha value is -0.580. The predicted octanol–water partition coefficient (Wildman–Crippen LogP) is 0.322. The fourth-order valence-electron chi connectivity index (χ4n) is 0.698. The normalized spacial score (nSPS) is 10.8. The minimum absolute atomic E-state index is 0. The van der Waals surface area contributed by atoms with Gasteiger partial charge in [0.2, 0.25) is 0 Å². The van der Waals surface area contributed by atoms with Gasteiger partial charge in [0, 0.05) is 18.3 Å². The van der Waals surface area contributed by atoms with E-state index in [1.165, 1.54) is 0 Å². The van der Waals surface area contributed by atoms with E-state index in [1.807, 2.05) is 0 Å². The van der Waals surface area contributed by atoms with Crippen LogP contribution in [0.5, 0.6) is 0 Å². The Kier molecular flexibility index (Phi) is 8.26. The summed E-state index contributed by atoms with van der Waals surface area (Å²) < 4.78 is 0. The van der Waals surface area contributed by atoms with Gasteiger partial charge in [-0.3, -0.25) is 0 Å². The Morgan fingerprint density at radius 3 is 2.75 bits per heavy atom. The summed E-state index contributed by atoms with van der Waals surface area (Å²) in [6.45, 7) is 0. The van der Waals surface area contributed by atoms with Crippen molar-refractivity contribution in [3.63, 3.8) is 0 Å². The van der Waals surface area contributed by atoms with Crippen LogP contribution in [-0.4, -0.2) is 22.3 Å². The van der Waals surface area contributed by atoms with E-state index >= 15 is 0 Å². The molecule has 0 saturated carbocycles. The van der Waals surface area contributed by atoms with Crippen LogP contribution in [-0.2, 0) is 11.2 Å². The Morgan fingerprint density at radius 1 is 1.67 bits per heavy atom. The van der Waals surface area contributed by atoms with E-state index in [0.29, 0.717) is 6.42 Å². The smallest absolute Gasteiger partial charge is 0.137 e. The van der Waals surface area contributed by atoms with Crippen molar-refractivity contribution in [1.82, 2.24) is 9.97 Å². The van der Waals surface area contributed by atoms with Gasteiger partial charge in [0.05, 0.1) is 12.4 Å². The summed E-state index contributed by atoms with van der Waals surface area (Å²) in [5, 5.41) is 0. The summed E-state index contributed by atoms with van der Waals surface area (Å²) >= 11 is 0. The highest BCUT2D eigenvalue weighted by Gasteiger charge is 2.01. The molecule has 0 radical (unpaired) electrons. The maximum atomic E-state index is 10.1. The minimum atomic E-state index is -0.416. The monoisotopic (exact) mass is 211 g/mol. The molecule has 70 valence electrons. The number of imidazole rings is 1. The number of nitrogens with zero attached hydrogens (tertiary/aromatic N) is 1. The van der Waals surface area contributed by atoms with Crippen LogP contribution in [0.25, 0.3) is 0 Å². The summed E-state index contributed by atoms with van der Waals surface area (Å²) in [6.07, 6.45) is 4.47. The van der Waals surface area contributed by atoms with Crippen LogP contribution in [0.2, 0.25) is 0 Å². The number of nitrogens with one attached hydrogen (secondary N) is 1. The molecule has 12 heavy (non-hydrogen) atoms. The van der Waals surface area contributed by atoms with Crippen LogP contribution in [0.15, 0.2) is 12.5 Å². The molecule has 4 nitrogen and oxygen atoms in total. The Labute approximate surface area is 82.8 Å². The zero-order valence-electron chi connectivity index (χ0n) is 6.27. The molecule has 1 aromatic rings. The van der Waals surface area contributed by atoms with E-state index in [4.69, 9.17) is 5.73 Å². The molecule has 1 unspecified atom stereocenters. The molecule has 0 aliphatic heterocycles. The second-order valence-electron chi connectivity index (χ2n) is 2.08. The fourth-order valence-corrected chi connectivity index (χ4v) is 0.698. The molecule has 1 aromatic heterocycles. The molecular formula is C6H11Cl2N3O. The van der Waals surface area contributed by atoms with Crippen LogP contribution in [0.1, 0.15) is 5.69 Å². The van der Waals surface area contributed by atoms with Crippen LogP contribution >= 0.6 is 24.8 Å². The number of carbonyl (C=O) groups excluding carboxylic acids is 1. The maximum absolute atomic E-state index is 10.1. The van der Waals surface area contributed by atoms with Crippen LogP contribution in [0.3, 0.4) is 0 Å². The number of carbonyl (C=O) groups is 1. The van der Waals surface area contributed by atoms with Crippen molar-refractivity contribution in [2.45, 2.75) is 12.5 Å². The highest BCUT2D eigenvalue weighted by molar-refractivity contribution is 5.85. The van der Waals surface area contributed by atoms with E-state index in [-0.39, 0.29) is 24.8 Å². The van der Waals surface area contributed by atoms with E-state index in [1.54, 1.807) is 12.5 Å². The lowest BCUT2D eigenvalue weighted by atomic mass is 10.2. The highest BCUT2D eigenvalue weighted by atomic mass is 35.5. The minimum Gasteiger partial charge on any atom is -0.348 e. The van der Waals surface area contributed by atoms with E-state index in [2.05, 4.69) is 9.97 Å². The standard InChI is InChI=1S/C6H9N3O.2ClH/c7-5(3-10)1-6-2-8-4-9-6;;/h2-5H,1,7H2,(H,8,9);2*1H. The molecule has 0 aromatic carbocycles. The lowest BCUT2D eigenvalue weighted by Gasteiger charge is -1.98. The van der Waals surface area contributed by atoms with Gasteiger partial charge >= 0.3 is 0 Å². The van der Waals surface area contributed by atoms with Crippen molar-refractivity contribution in [3.8, 4) is 0 Å². The van der Waals surface area contributed by atoms with Crippen molar-refractivity contribution in [3.05, 3.63) is 18.2 Å². The lowest BCUT2D eigenvalue weighted by Crippen LogP contribution is -2.24. The quantitative estimate of drug-likeness (QED) is 0.709. The molecule has 1 rings (SSSR count). The summed E-state index contributed by atoms with van der Waals surface area (Å²) in [5.74, 6) is 0. The second kappa shape index (κ2) is 7.09. The van der Waals surface area contributed by atoms with Gasteiger partial charge in [-0.1, -0.05) is 0 Å². The molecule has 0 aliphatic carbocycles. The van der Waals surface area contributed by atoms with E-state index < -0.39 is 6.04 Å². The largest absolute Gasteiger partial charge is 0.348 e. The molecule has 0 saturated heterocycles. The second-order valence-corrected chi connectivity index (χ2v) is 2.08. The summed E-state index contributed by atoms with van der Waals surface area (Å²) in [4.78, 5) is 16.7. The molecule has 0 spiro atoms. The zero-order chi connectivity index (χ0) is 7.40. The van der Waals surface area contributed by atoms with Crippen LogP contribution < -0.4 is 5.73 Å². The van der Waals surface area contributed by atoms with Gasteiger partial charge in [0.1, 0.15) is 6.29 Å². The van der Waals surface area contributed by atoms with Crippen molar-refractivity contribution >= 4 is 31.1 Å². The predicted molar refractivity (Wildman–Crippen MR) is 50.8 cm³/mol. The molecule has 1 heterocycles. The number of aldehydes is 1. The first-order chi connectivity index (χ1) is 4.83. The molecule has 3 N–H and O–H groups in total. The number of halogens is 2. The first-order valence-corrected chi connectivity index (χ1v) is 3.01. The van der Waals surface area contributed by atoms with Gasteiger partial charge < -0.3 is 15.5 Å². The molecule has 1 atom stereocenters. The van der Waals surface area contributed by atoms with Gasteiger partial charge in [-0.15, -0.1) is 24.8 Å². The third-order valence-electron chi connectivity index (χ3n) is 1.19. The average Bonchev–Trinajstić information content (AvgIpc) is 2.40. The Balaban J connectivity index is 0. The van der Waals surface area contributed by atoms with E-state index in [0.717, 1.165) is 12.0 Å². The zero-order valence-corrected chi connectivity index (χ0v) is 7.90. The van der Waals surface area contributed by atoms with Gasteiger partial charge in [-0.05, 0) is 0 Å². The number of rotatable bonds is 3. The van der Waals surface area contributed by atoms with Crippen LogP contribution in [0.4, 0.5) is 0 Å². The SMILES string of the molecule is Cl.Cl.NC(C=O)Cc1cnc[nH]1. The first kappa shape index (κ1) is 14.0. The van der Waals surface area contributed by atoms with Gasteiger partial charge in [0.25, 0.3) is 0 Å². The number of hydrogen-bond donors (Lipinski definition) is 2. The molecule has 0 amide bonds. The summed E-state index contributed by atoms with van der Waals surface area (Å²) in [5.41, 5.74) is 6.24. The number of nitrogens with two attached hydrogens (primary N) is 1. The molecule has 0 aliphatic rings. The van der Waals surface area contributed by atoms with Crippen molar-refractivity contribution < 1.29 is 4.79 Å². The van der Waals surface area contributed by atoms with Gasteiger partial charge in [0.15, 0.2) is 0 Å². The molecule has 0 fully saturated rings. The average molecular weight is 212 g/mol. The van der Waals surface area contributed by atoms with E-state index in [9.17, 15) is 4.79 Å². The topological polar surface area (TPSA) is 71.8 Å². The maximum Gasteiger partial charge on any atom is 0.137 e. The number of aromatic amines is 1. The Bertz CT molecular complexity index is 203. The van der Waals surface area contributed by atoms with Gasteiger partial charge in [-0.25, -0.2) is 4.98 Å². The first-order valence-electron chi connectivity index (χ1n) is 3.01. The third kappa shape index (κ3) is 4.33. The van der Waals surface area contributed by atoms with Gasteiger partial charge in [-0.2, -0.15) is 0 Å². The number of aromatic nitrogens is 2. The molecule has 0 bridgehead atoms. The summed E-state index contributed by atoms with van der Waals surface area (Å²) in [7, 11) is 0. The number of hydrogen-bond acceptors (Lipinski definition) is 3. The summed E-state index contributed by atoms with van der Waals surface area (Å²) in [6, 6.07) is -0.416. The third-order valence-corrected chi connectivity index (χ3v) is 1.19. The van der Waals surface area contributed by atoms with Crippen molar-refractivity contribution in [2.75, 3.05) is 0 Å². The highest BCUT2D eigenvalue weighted by Crippen LogP contribution is 1.93.